The first-order valence-electron chi connectivity index (χ1n) is 5.89. The predicted molar refractivity (Wildman–Crippen MR) is 77.5 cm³/mol. The second kappa shape index (κ2) is 5.75. The largest absolute Gasteiger partial charge is 0.478 e. The fourth-order valence-corrected chi connectivity index (χ4v) is 2.08. The average molecular weight is 290 g/mol. The molecule has 0 unspecified atom stereocenters. The van der Waals surface area contributed by atoms with Crippen molar-refractivity contribution in [1.82, 2.24) is 0 Å². The van der Waals surface area contributed by atoms with Crippen molar-refractivity contribution in [3.63, 3.8) is 0 Å². The number of anilines is 1. The third-order valence-electron chi connectivity index (χ3n) is 2.76. The van der Waals surface area contributed by atoms with Gasteiger partial charge in [-0.05, 0) is 31.2 Å². The summed E-state index contributed by atoms with van der Waals surface area (Å²) in [6.45, 7) is 1.87. The Morgan fingerprint density at radius 3 is 2.50 bits per heavy atom. The molecule has 0 saturated carbocycles. The van der Waals surface area contributed by atoms with Crippen LogP contribution in [0.4, 0.5) is 5.69 Å². The molecule has 20 heavy (non-hydrogen) atoms. The zero-order chi connectivity index (χ0) is 14.7. The first kappa shape index (κ1) is 14.1. The number of benzene rings is 2. The summed E-state index contributed by atoms with van der Waals surface area (Å²) in [5.41, 5.74) is 1.47. The molecular weight excluding hydrogens is 278 g/mol. The van der Waals surface area contributed by atoms with Gasteiger partial charge in [-0.1, -0.05) is 35.4 Å². The molecule has 0 aliphatic rings. The number of rotatable bonds is 3. The van der Waals surface area contributed by atoms with E-state index in [9.17, 15) is 9.59 Å². The summed E-state index contributed by atoms with van der Waals surface area (Å²) in [7, 11) is 0. The smallest absolute Gasteiger partial charge is 0.339 e. The zero-order valence-corrected chi connectivity index (χ0v) is 11.4. The van der Waals surface area contributed by atoms with Crippen LogP contribution < -0.4 is 5.32 Å². The second-order valence-corrected chi connectivity index (χ2v) is 4.70. The minimum atomic E-state index is -1.19. The number of halogens is 1. The molecule has 2 rings (SSSR count). The number of carboxylic acid groups (broad SMARTS) is 1. The van der Waals surface area contributed by atoms with Gasteiger partial charge in [0.15, 0.2) is 0 Å². The molecular formula is C15H12ClNO3. The number of hydrogen-bond acceptors (Lipinski definition) is 2. The Kier molecular flexibility index (Phi) is 4.05. The van der Waals surface area contributed by atoms with Gasteiger partial charge in [-0.3, -0.25) is 4.79 Å². The highest BCUT2D eigenvalue weighted by molar-refractivity contribution is 6.34. The Morgan fingerprint density at radius 2 is 1.85 bits per heavy atom. The molecule has 0 saturated heterocycles. The van der Waals surface area contributed by atoms with E-state index < -0.39 is 5.97 Å². The van der Waals surface area contributed by atoms with Crippen molar-refractivity contribution in [1.29, 1.82) is 0 Å². The molecule has 0 bridgehead atoms. The van der Waals surface area contributed by atoms with E-state index in [0.29, 0.717) is 5.56 Å². The van der Waals surface area contributed by atoms with E-state index in [1.165, 1.54) is 12.1 Å². The fraction of sp³-hybridized carbons (Fsp3) is 0.0667. The standard InChI is InChI=1S/C15H12ClNO3/c1-9-4-2-5-10(8-9)14(18)17-12-7-3-6-11(16)13(12)15(19)20/h2-8H,1H3,(H,17,18)(H,19,20). The van der Waals surface area contributed by atoms with Gasteiger partial charge in [-0.25, -0.2) is 4.79 Å². The number of carbonyl (C=O) groups excluding carboxylic acids is 1. The molecule has 0 atom stereocenters. The number of aryl methyl sites for hydroxylation is 1. The van der Waals surface area contributed by atoms with Gasteiger partial charge in [-0.15, -0.1) is 0 Å². The van der Waals surface area contributed by atoms with Crippen molar-refractivity contribution in [3.05, 3.63) is 64.2 Å². The monoisotopic (exact) mass is 289 g/mol. The van der Waals surface area contributed by atoms with Crippen molar-refractivity contribution >= 4 is 29.2 Å². The minimum absolute atomic E-state index is 0.0829. The zero-order valence-electron chi connectivity index (χ0n) is 10.7. The molecule has 0 aromatic heterocycles. The van der Waals surface area contributed by atoms with Crippen molar-refractivity contribution in [2.24, 2.45) is 0 Å². The summed E-state index contributed by atoms with van der Waals surface area (Å²) >= 11 is 5.85. The van der Waals surface area contributed by atoms with Crippen LogP contribution in [0.25, 0.3) is 0 Å². The molecule has 0 aliphatic carbocycles. The highest BCUT2D eigenvalue weighted by Crippen LogP contribution is 2.24. The van der Waals surface area contributed by atoms with Gasteiger partial charge >= 0.3 is 5.97 Å². The molecule has 0 heterocycles. The SMILES string of the molecule is Cc1cccc(C(=O)Nc2cccc(Cl)c2C(=O)O)c1. The number of carbonyl (C=O) groups is 2. The molecule has 0 fully saturated rings. The lowest BCUT2D eigenvalue weighted by Crippen LogP contribution is -2.15. The summed E-state index contributed by atoms with van der Waals surface area (Å²) in [6, 6.07) is 11.6. The third kappa shape index (κ3) is 2.97. The van der Waals surface area contributed by atoms with Gasteiger partial charge in [0.2, 0.25) is 0 Å². The van der Waals surface area contributed by atoms with Gasteiger partial charge in [0.05, 0.1) is 10.7 Å². The highest BCUT2D eigenvalue weighted by Gasteiger charge is 2.16. The maximum atomic E-state index is 12.1. The van der Waals surface area contributed by atoms with Crippen molar-refractivity contribution in [2.75, 3.05) is 5.32 Å². The molecule has 0 radical (unpaired) electrons. The van der Waals surface area contributed by atoms with Gasteiger partial charge in [-0.2, -0.15) is 0 Å². The van der Waals surface area contributed by atoms with Crippen LogP contribution in [0.3, 0.4) is 0 Å². The van der Waals surface area contributed by atoms with Crippen LogP contribution in [0, 0.1) is 6.92 Å². The van der Waals surface area contributed by atoms with Gasteiger partial charge < -0.3 is 10.4 Å². The van der Waals surface area contributed by atoms with E-state index in [0.717, 1.165) is 5.56 Å². The molecule has 2 aromatic carbocycles. The van der Waals surface area contributed by atoms with Crippen molar-refractivity contribution < 1.29 is 14.7 Å². The predicted octanol–water partition coefficient (Wildman–Crippen LogP) is 3.60. The van der Waals surface area contributed by atoms with Gasteiger partial charge in [0.1, 0.15) is 5.56 Å². The fourth-order valence-electron chi connectivity index (χ4n) is 1.83. The maximum absolute atomic E-state index is 12.1. The number of nitrogens with one attached hydrogen (secondary N) is 1. The number of carboxylic acids is 1. The number of amides is 1. The van der Waals surface area contributed by atoms with Crippen LogP contribution in [0.15, 0.2) is 42.5 Å². The van der Waals surface area contributed by atoms with Gasteiger partial charge in [0, 0.05) is 5.56 Å². The Hall–Kier alpha value is -2.33. The quantitative estimate of drug-likeness (QED) is 0.907. The number of hydrogen-bond donors (Lipinski definition) is 2. The summed E-state index contributed by atoms with van der Waals surface area (Å²) in [5, 5.41) is 11.8. The van der Waals surface area contributed by atoms with E-state index >= 15 is 0 Å². The van der Waals surface area contributed by atoms with E-state index in [-0.39, 0.29) is 22.2 Å². The van der Waals surface area contributed by atoms with Crippen LogP contribution in [-0.4, -0.2) is 17.0 Å². The van der Waals surface area contributed by atoms with Crippen molar-refractivity contribution in [2.45, 2.75) is 6.92 Å². The number of aromatic carboxylic acids is 1. The lowest BCUT2D eigenvalue weighted by Gasteiger charge is -2.10. The van der Waals surface area contributed by atoms with Gasteiger partial charge in [0.25, 0.3) is 5.91 Å². The van der Waals surface area contributed by atoms with E-state index in [1.54, 1.807) is 24.3 Å². The van der Waals surface area contributed by atoms with E-state index in [1.807, 2.05) is 13.0 Å². The summed E-state index contributed by atoms with van der Waals surface area (Å²) < 4.78 is 0. The molecule has 2 aromatic rings. The first-order chi connectivity index (χ1) is 9.49. The normalized spacial score (nSPS) is 10.1. The van der Waals surface area contributed by atoms with E-state index in [4.69, 9.17) is 16.7 Å². The second-order valence-electron chi connectivity index (χ2n) is 4.29. The summed E-state index contributed by atoms with van der Waals surface area (Å²) in [4.78, 5) is 23.3. The molecule has 0 spiro atoms. The molecule has 1 amide bonds. The highest BCUT2D eigenvalue weighted by atomic mass is 35.5. The average Bonchev–Trinajstić information content (AvgIpc) is 2.38. The summed E-state index contributed by atoms with van der Waals surface area (Å²) in [5.74, 6) is -1.56. The topological polar surface area (TPSA) is 66.4 Å². The Bertz CT molecular complexity index is 683. The van der Waals surface area contributed by atoms with Crippen LogP contribution in [0.1, 0.15) is 26.3 Å². The minimum Gasteiger partial charge on any atom is -0.478 e. The van der Waals surface area contributed by atoms with Crippen LogP contribution >= 0.6 is 11.6 Å². The Morgan fingerprint density at radius 1 is 1.15 bits per heavy atom. The van der Waals surface area contributed by atoms with Crippen LogP contribution in [0.5, 0.6) is 0 Å². The van der Waals surface area contributed by atoms with E-state index in [2.05, 4.69) is 5.32 Å². The maximum Gasteiger partial charge on any atom is 0.339 e. The molecule has 5 heteroatoms. The summed E-state index contributed by atoms with van der Waals surface area (Å²) in [6.07, 6.45) is 0. The van der Waals surface area contributed by atoms with Crippen LogP contribution in [0.2, 0.25) is 5.02 Å². The molecule has 102 valence electrons. The van der Waals surface area contributed by atoms with Crippen LogP contribution in [-0.2, 0) is 0 Å². The molecule has 0 aliphatic heterocycles. The lowest BCUT2D eigenvalue weighted by atomic mass is 10.1. The first-order valence-corrected chi connectivity index (χ1v) is 6.26. The van der Waals surface area contributed by atoms with Crippen molar-refractivity contribution in [3.8, 4) is 0 Å². The molecule has 2 N–H and O–H groups in total. The Labute approximate surface area is 121 Å². The molecule has 4 nitrogen and oxygen atoms in total. The third-order valence-corrected chi connectivity index (χ3v) is 3.07. The Balaban J connectivity index is 2.33. The lowest BCUT2D eigenvalue weighted by molar-refractivity contribution is 0.0698.